The van der Waals surface area contributed by atoms with E-state index in [0.29, 0.717) is 5.92 Å². The smallest absolute Gasteiger partial charge is 0.126 e. The fraction of sp³-hybridized carbons (Fsp3) is 0.312. The Morgan fingerprint density at radius 1 is 1.25 bits per heavy atom. The first kappa shape index (κ1) is 14.9. The van der Waals surface area contributed by atoms with Crippen LogP contribution in [0, 0.1) is 0 Å². The molecule has 106 valence electrons. The van der Waals surface area contributed by atoms with Crippen LogP contribution in [0.2, 0.25) is 0 Å². The number of aromatic nitrogens is 1. The summed E-state index contributed by atoms with van der Waals surface area (Å²) in [5.74, 6) is 2.26. The summed E-state index contributed by atoms with van der Waals surface area (Å²) < 4.78 is 6.38. The Labute approximate surface area is 128 Å². The van der Waals surface area contributed by atoms with Crippen LogP contribution in [0.4, 0.5) is 5.82 Å². The van der Waals surface area contributed by atoms with Gasteiger partial charge in [-0.1, -0.05) is 26.0 Å². The summed E-state index contributed by atoms with van der Waals surface area (Å²) in [5, 5.41) is 3.32. The summed E-state index contributed by atoms with van der Waals surface area (Å²) in [7, 11) is 1.71. The van der Waals surface area contributed by atoms with E-state index < -0.39 is 0 Å². The van der Waals surface area contributed by atoms with Gasteiger partial charge in [-0.25, -0.2) is 4.98 Å². The van der Waals surface area contributed by atoms with E-state index in [2.05, 4.69) is 52.2 Å². The van der Waals surface area contributed by atoms with Gasteiger partial charge in [0.2, 0.25) is 0 Å². The Kier molecular flexibility index (Phi) is 5.01. The lowest BCUT2D eigenvalue weighted by Crippen LogP contribution is -2.03. The lowest BCUT2D eigenvalue weighted by atomic mass is 9.99. The zero-order chi connectivity index (χ0) is 14.5. The number of rotatable bonds is 5. The highest BCUT2D eigenvalue weighted by Gasteiger charge is 2.08. The minimum absolute atomic E-state index is 0.440. The van der Waals surface area contributed by atoms with Crippen LogP contribution in [0.5, 0.6) is 5.75 Å². The van der Waals surface area contributed by atoms with Crippen molar-refractivity contribution in [2.45, 2.75) is 26.3 Å². The number of nitrogens with zero attached hydrogens (tertiary/aromatic N) is 1. The monoisotopic (exact) mass is 334 g/mol. The molecule has 1 aromatic heterocycles. The van der Waals surface area contributed by atoms with Gasteiger partial charge < -0.3 is 10.1 Å². The fourth-order valence-electron chi connectivity index (χ4n) is 2.02. The average molecular weight is 335 g/mol. The first-order chi connectivity index (χ1) is 9.60. The molecular formula is C16H19BrN2O. The third-order valence-corrected chi connectivity index (χ3v) is 3.59. The quantitative estimate of drug-likeness (QED) is 0.868. The van der Waals surface area contributed by atoms with Gasteiger partial charge in [-0.15, -0.1) is 0 Å². The van der Waals surface area contributed by atoms with Crippen LogP contribution in [-0.4, -0.2) is 12.1 Å². The second-order valence-electron chi connectivity index (χ2n) is 4.95. The maximum atomic E-state index is 5.40. The Balaban J connectivity index is 2.09. The number of ether oxygens (including phenoxy) is 1. The second kappa shape index (κ2) is 6.75. The molecule has 0 aliphatic heterocycles. The molecule has 0 spiro atoms. The van der Waals surface area contributed by atoms with Crippen LogP contribution in [0.3, 0.4) is 0 Å². The molecule has 3 nitrogen and oxygen atoms in total. The van der Waals surface area contributed by atoms with Crippen molar-refractivity contribution in [1.82, 2.24) is 4.98 Å². The Morgan fingerprint density at radius 2 is 2.05 bits per heavy atom. The molecule has 0 fully saturated rings. The number of methoxy groups -OCH3 is 1. The van der Waals surface area contributed by atoms with Gasteiger partial charge in [-0.2, -0.15) is 0 Å². The Bertz CT molecular complexity index is 567. The number of hydrogen-bond donors (Lipinski definition) is 1. The average Bonchev–Trinajstić information content (AvgIpc) is 2.46. The lowest BCUT2D eigenvalue weighted by molar-refractivity contribution is 0.407. The molecule has 4 heteroatoms. The number of nitrogens with one attached hydrogen (secondary N) is 1. The maximum absolute atomic E-state index is 5.40. The molecule has 1 N–H and O–H groups in total. The van der Waals surface area contributed by atoms with E-state index >= 15 is 0 Å². The minimum atomic E-state index is 0.440. The highest BCUT2D eigenvalue weighted by atomic mass is 79.9. The van der Waals surface area contributed by atoms with Crippen molar-refractivity contribution in [3.63, 3.8) is 0 Å². The normalized spacial score (nSPS) is 10.7. The van der Waals surface area contributed by atoms with Gasteiger partial charge in [0.05, 0.1) is 7.11 Å². The molecule has 0 aliphatic rings. The Morgan fingerprint density at radius 3 is 2.65 bits per heavy atom. The second-order valence-corrected chi connectivity index (χ2v) is 5.86. The molecule has 0 saturated carbocycles. The summed E-state index contributed by atoms with van der Waals surface area (Å²) >= 11 is 3.38. The highest BCUT2D eigenvalue weighted by Crippen LogP contribution is 2.27. The zero-order valence-electron chi connectivity index (χ0n) is 12.0. The molecule has 0 unspecified atom stereocenters. The van der Waals surface area contributed by atoms with Crippen molar-refractivity contribution in [2.75, 3.05) is 12.4 Å². The first-order valence-electron chi connectivity index (χ1n) is 6.62. The standard InChI is InChI=1S/C16H19BrN2O/c1-11(2)14-8-12(4-6-15(14)20-3)9-18-16-7-5-13(17)10-19-16/h4-8,10-11H,9H2,1-3H3,(H,18,19). The van der Waals surface area contributed by atoms with E-state index in [1.54, 1.807) is 13.3 Å². The van der Waals surface area contributed by atoms with E-state index in [4.69, 9.17) is 4.74 Å². The van der Waals surface area contributed by atoms with Crippen molar-refractivity contribution in [2.24, 2.45) is 0 Å². The number of anilines is 1. The summed E-state index contributed by atoms with van der Waals surface area (Å²) in [6.45, 7) is 5.09. The van der Waals surface area contributed by atoms with Crippen LogP contribution in [-0.2, 0) is 6.54 Å². The van der Waals surface area contributed by atoms with Gasteiger partial charge in [0, 0.05) is 17.2 Å². The molecule has 0 bridgehead atoms. The molecule has 2 aromatic rings. The molecule has 0 radical (unpaired) electrons. The summed E-state index contributed by atoms with van der Waals surface area (Å²) in [6.07, 6.45) is 1.79. The number of hydrogen-bond acceptors (Lipinski definition) is 3. The minimum Gasteiger partial charge on any atom is -0.496 e. The fourth-order valence-corrected chi connectivity index (χ4v) is 2.25. The van der Waals surface area contributed by atoms with Crippen LogP contribution in [0.25, 0.3) is 0 Å². The predicted molar refractivity (Wildman–Crippen MR) is 86.3 cm³/mol. The van der Waals surface area contributed by atoms with Crippen LogP contribution < -0.4 is 10.1 Å². The number of pyridine rings is 1. The first-order valence-corrected chi connectivity index (χ1v) is 7.41. The zero-order valence-corrected chi connectivity index (χ0v) is 13.6. The van der Waals surface area contributed by atoms with Gasteiger partial charge in [0.25, 0.3) is 0 Å². The summed E-state index contributed by atoms with van der Waals surface area (Å²) in [4.78, 5) is 4.30. The van der Waals surface area contributed by atoms with E-state index in [1.807, 2.05) is 18.2 Å². The topological polar surface area (TPSA) is 34.1 Å². The van der Waals surface area contributed by atoms with Gasteiger partial charge in [-0.05, 0) is 51.2 Å². The molecule has 20 heavy (non-hydrogen) atoms. The molecule has 1 aromatic carbocycles. The largest absolute Gasteiger partial charge is 0.496 e. The van der Waals surface area contributed by atoms with Crippen molar-refractivity contribution < 1.29 is 4.74 Å². The number of benzene rings is 1. The molecule has 0 aliphatic carbocycles. The molecular weight excluding hydrogens is 316 g/mol. The Hall–Kier alpha value is -1.55. The van der Waals surface area contributed by atoms with E-state index in [-0.39, 0.29) is 0 Å². The summed E-state index contributed by atoms with van der Waals surface area (Å²) in [6, 6.07) is 10.2. The third-order valence-electron chi connectivity index (χ3n) is 3.12. The highest BCUT2D eigenvalue weighted by molar-refractivity contribution is 9.10. The van der Waals surface area contributed by atoms with Crippen LogP contribution in [0.1, 0.15) is 30.9 Å². The molecule has 0 amide bonds. The number of halogens is 1. The predicted octanol–water partition coefficient (Wildman–Crippen LogP) is 4.59. The van der Waals surface area contributed by atoms with Crippen molar-refractivity contribution in [3.8, 4) is 5.75 Å². The van der Waals surface area contributed by atoms with E-state index in [9.17, 15) is 0 Å². The molecule has 0 saturated heterocycles. The van der Waals surface area contributed by atoms with Gasteiger partial charge >= 0.3 is 0 Å². The molecule has 0 atom stereocenters. The van der Waals surface area contributed by atoms with Crippen molar-refractivity contribution in [3.05, 3.63) is 52.1 Å². The van der Waals surface area contributed by atoms with Gasteiger partial charge in [0.15, 0.2) is 0 Å². The van der Waals surface area contributed by atoms with Gasteiger partial charge in [-0.3, -0.25) is 0 Å². The van der Waals surface area contributed by atoms with E-state index in [0.717, 1.165) is 22.6 Å². The van der Waals surface area contributed by atoms with E-state index in [1.165, 1.54) is 11.1 Å². The molecule has 2 rings (SSSR count). The third kappa shape index (κ3) is 3.73. The van der Waals surface area contributed by atoms with Crippen LogP contribution in [0.15, 0.2) is 41.0 Å². The van der Waals surface area contributed by atoms with Crippen molar-refractivity contribution in [1.29, 1.82) is 0 Å². The lowest BCUT2D eigenvalue weighted by Gasteiger charge is -2.14. The SMILES string of the molecule is COc1ccc(CNc2ccc(Br)cn2)cc1C(C)C. The van der Waals surface area contributed by atoms with Crippen molar-refractivity contribution >= 4 is 21.7 Å². The molecule has 1 heterocycles. The van der Waals surface area contributed by atoms with Crippen LogP contribution >= 0.6 is 15.9 Å². The summed E-state index contributed by atoms with van der Waals surface area (Å²) in [5.41, 5.74) is 2.45. The maximum Gasteiger partial charge on any atom is 0.126 e. The van der Waals surface area contributed by atoms with Gasteiger partial charge in [0.1, 0.15) is 11.6 Å².